The highest BCUT2D eigenvalue weighted by Crippen LogP contribution is 2.10. The molecule has 1 aromatic carbocycles. The highest BCUT2D eigenvalue weighted by molar-refractivity contribution is 5.75. The molecule has 0 aliphatic heterocycles. The van der Waals surface area contributed by atoms with Crippen LogP contribution in [0.4, 0.5) is 0 Å². The quantitative estimate of drug-likeness (QED) is 0.820. The normalized spacial score (nSPS) is 10.8. The molecular weight excluding hydrogens is 248 g/mol. The number of para-hydroxylation sites is 2. The Bertz CT molecular complexity index is 742. The van der Waals surface area contributed by atoms with E-state index in [-0.39, 0.29) is 13.0 Å². The molecule has 1 N–H and O–H groups in total. The average Bonchev–Trinajstić information content (AvgIpc) is 2.39. The van der Waals surface area contributed by atoms with Crippen molar-refractivity contribution in [2.45, 2.75) is 26.4 Å². The second-order valence-corrected chi connectivity index (χ2v) is 4.14. The molecule has 19 heavy (non-hydrogen) atoms. The van der Waals surface area contributed by atoms with E-state index in [1.54, 1.807) is 31.2 Å². The summed E-state index contributed by atoms with van der Waals surface area (Å²) >= 11 is 0. The van der Waals surface area contributed by atoms with Gasteiger partial charge in [-0.2, -0.15) is 0 Å². The summed E-state index contributed by atoms with van der Waals surface area (Å²) in [6, 6.07) is 6.99. The third kappa shape index (κ3) is 2.29. The van der Waals surface area contributed by atoms with E-state index in [4.69, 9.17) is 5.11 Å². The van der Waals surface area contributed by atoms with Gasteiger partial charge in [0.15, 0.2) is 0 Å². The van der Waals surface area contributed by atoms with Crippen molar-refractivity contribution < 1.29 is 9.90 Å². The number of hydrogen-bond donors (Lipinski definition) is 1. The maximum Gasteiger partial charge on any atom is 0.316 e. The highest BCUT2D eigenvalue weighted by Gasteiger charge is 2.12. The monoisotopic (exact) mass is 262 g/mol. The Balaban J connectivity index is 2.76. The topological polar surface area (TPSA) is 81.3 Å². The van der Waals surface area contributed by atoms with Gasteiger partial charge in [-0.1, -0.05) is 12.1 Å². The molecule has 0 atom stereocenters. The van der Waals surface area contributed by atoms with Gasteiger partial charge in [-0.25, -0.2) is 0 Å². The van der Waals surface area contributed by atoms with Crippen molar-refractivity contribution in [3.8, 4) is 0 Å². The van der Waals surface area contributed by atoms with Crippen LogP contribution < -0.4 is 11.1 Å². The first kappa shape index (κ1) is 13.1. The lowest BCUT2D eigenvalue weighted by molar-refractivity contribution is -0.137. The van der Waals surface area contributed by atoms with Gasteiger partial charge in [0.25, 0.3) is 0 Å². The Morgan fingerprint density at radius 3 is 2.16 bits per heavy atom. The molecule has 2 rings (SSSR count). The number of carboxylic acids is 1. The Morgan fingerprint density at radius 1 is 1.11 bits per heavy atom. The summed E-state index contributed by atoms with van der Waals surface area (Å²) in [6.07, 6.45) is -0.195. The molecule has 0 unspecified atom stereocenters. The Kier molecular flexibility index (Phi) is 3.50. The molecule has 0 radical (unpaired) electrons. The number of carbonyl (C=O) groups is 1. The third-order valence-electron chi connectivity index (χ3n) is 3.00. The minimum atomic E-state index is -1.00. The molecule has 0 aliphatic carbocycles. The second-order valence-electron chi connectivity index (χ2n) is 4.14. The van der Waals surface area contributed by atoms with Crippen LogP contribution in [-0.2, 0) is 17.9 Å². The zero-order valence-electron chi connectivity index (χ0n) is 10.5. The molecule has 1 aromatic heterocycles. The Hall–Kier alpha value is -2.37. The predicted molar refractivity (Wildman–Crippen MR) is 70.4 cm³/mol. The molecule has 0 spiro atoms. The van der Waals surface area contributed by atoms with E-state index in [1.165, 1.54) is 9.13 Å². The van der Waals surface area contributed by atoms with Crippen molar-refractivity contribution in [2.75, 3.05) is 0 Å². The summed E-state index contributed by atoms with van der Waals surface area (Å²) in [6.45, 7) is 2.18. The average molecular weight is 262 g/mol. The maximum absolute atomic E-state index is 12.0. The van der Waals surface area contributed by atoms with Crippen LogP contribution in [0, 0.1) is 0 Å². The number of carboxylic acid groups (broad SMARTS) is 1. The fourth-order valence-corrected chi connectivity index (χ4v) is 2.11. The van der Waals surface area contributed by atoms with Gasteiger partial charge in [-0.05, 0) is 19.1 Å². The number of aryl methyl sites for hydroxylation is 2. The number of rotatable bonds is 4. The van der Waals surface area contributed by atoms with E-state index < -0.39 is 17.1 Å². The van der Waals surface area contributed by atoms with Gasteiger partial charge in [-0.15, -0.1) is 0 Å². The number of hydrogen-bond acceptors (Lipinski definition) is 3. The number of fused-ring (bicyclic) bond motifs is 1. The lowest BCUT2D eigenvalue weighted by atomic mass is 10.2. The lowest BCUT2D eigenvalue weighted by Crippen LogP contribution is -2.41. The van der Waals surface area contributed by atoms with Gasteiger partial charge >= 0.3 is 17.1 Å². The van der Waals surface area contributed by atoms with E-state index >= 15 is 0 Å². The van der Waals surface area contributed by atoms with Crippen LogP contribution in [0.3, 0.4) is 0 Å². The summed E-state index contributed by atoms with van der Waals surface area (Å²) in [5.74, 6) is -1.00. The van der Waals surface area contributed by atoms with E-state index in [0.717, 1.165) is 0 Å². The van der Waals surface area contributed by atoms with Crippen LogP contribution in [-0.4, -0.2) is 20.2 Å². The van der Waals surface area contributed by atoms with Crippen molar-refractivity contribution >= 4 is 17.0 Å². The largest absolute Gasteiger partial charge is 0.481 e. The van der Waals surface area contributed by atoms with Gasteiger partial charge in [0, 0.05) is 13.1 Å². The standard InChI is InChI=1S/C13H14N2O4/c1-2-14-9-5-3-4-6-10(9)15(8-7-11(16)17)13(19)12(14)18/h3-6H,2,7-8H2,1H3,(H,16,17). The summed E-state index contributed by atoms with van der Waals surface area (Å²) < 4.78 is 2.63. The van der Waals surface area contributed by atoms with E-state index in [0.29, 0.717) is 17.6 Å². The highest BCUT2D eigenvalue weighted by atomic mass is 16.4. The number of aliphatic carboxylic acids is 1. The molecular formula is C13H14N2O4. The van der Waals surface area contributed by atoms with E-state index in [9.17, 15) is 14.4 Å². The molecule has 1 heterocycles. The van der Waals surface area contributed by atoms with Crippen LogP contribution in [0.25, 0.3) is 11.0 Å². The molecule has 100 valence electrons. The van der Waals surface area contributed by atoms with Crippen molar-refractivity contribution in [2.24, 2.45) is 0 Å². The van der Waals surface area contributed by atoms with Gasteiger partial charge in [-0.3, -0.25) is 14.4 Å². The van der Waals surface area contributed by atoms with Gasteiger partial charge in [0.1, 0.15) is 0 Å². The van der Waals surface area contributed by atoms with Crippen LogP contribution >= 0.6 is 0 Å². The molecule has 2 aromatic rings. The SMILES string of the molecule is CCn1c(=O)c(=O)n(CCC(=O)O)c2ccccc21. The molecule has 6 heteroatoms. The molecule has 0 bridgehead atoms. The zero-order valence-corrected chi connectivity index (χ0v) is 10.5. The molecule has 0 fully saturated rings. The Labute approximate surface area is 108 Å². The van der Waals surface area contributed by atoms with Gasteiger partial charge in [0.05, 0.1) is 17.5 Å². The predicted octanol–water partition coefficient (Wildman–Crippen LogP) is 0.658. The van der Waals surface area contributed by atoms with Crippen LogP contribution in [0.2, 0.25) is 0 Å². The molecule has 0 aliphatic rings. The molecule has 0 amide bonds. The lowest BCUT2D eigenvalue weighted by Gasteiger charge is -2.12. The minimum Gasteiger partial charge on any atom is -0.481 e. The first-order chi connectivity index (χ1) is 9.06. The summed E-state index contributed by atoms with van der Waals surface area (Å²) in [7, 11) is 0. The fourth-order valence-electron chi connectivity index (χ4n) is 2.11. The first-order valence-electron chi connectivity index (χ1n) is 6.00. The van der Waals surface area contributed by atoms with E-state index in [1.807, 2.05) is 0 Å². The van der Waals surface area contributed by atoms with Crippen molar-refractivity contribution in [1.29, 1.82) is 0 Å². The number of benzene rings is 1. The second kappa shape index (κ2) is 5.09. The number of nitrogens with zero attached hydrogens (tertiary/aromatic N) is 2. The van der Waals surface area contributed by atoms with Crippen molar-refractivity contribution in [3.63, 3.8) is 0 Å². The van der Waals surface area contributed by atoms with Gasteiger partial charge in [0.2, 0.25) is 0 Å². The van der Waals surface area contributed by atoms with E-state index in [2.05, 4.69) is 0 Å². The van der Waals surface area contributed by atoms with Crippen molar-refractivity contribution in [1.82, 2.24) is 9.13 Å². The maximum atomic E-state index is 12.0. The molecule has 0 saturated carbocycles. The fraction of sp³-hybridized carbons (Fsp3) is 0.308. The van der Waals surface area contributed by atoms with Crippen LogP contribution in [0.1, 0.15) is 13.3 Å². The molecule has 6 nitrogen and oxygen atoms in total. The van der Waals surface area contributed by atoms with Crippen LogP contribution in [0.15, 0.2) is 33.9 Å². The summed E-state index contributed by atoms with van der Waals surface area (Å²) in [4.78, 5) is 34.6. The molecule has 0 saturated heterocycles. The Morgan fingerprint density at radius 2 is 1.63 bits per heavy atom. The smallest absolute Gasteiger partial charge is 0.316 e. The first-order valence-corrected chi connectivity index (χ1v) is 6.00. The zero-order chi connectivity index (χ0) is 14.0. The van der Waals surface area contributed by atoms with Crippen LogP contribution in [0.5, 0.6) is 0 Å². The third-order valence-corrected chi connectivity index (χ3v) is 3.00. The summed E-state index contributed by atoms with van der Waals surface area (Å²) in [5.41, 5.74) is -0.0800. The minimum absolute atomic E-state index is 0.00548. The summed E-state index contributed by atoms with van der Waals surface area (Å²) in [5, 5.41) is 8.71. The van der Waals surface area contributed by atoms with Crippen molar-refractivity contribution in [3.05, 3.63) is 45.0 Å². The van der Waals surface area contributed by atoms with Gasteiger partial charge < -0.3 is 14.2 Å². The number of aromatic nitrogens is 2.